The highest BCUT2D eigenvalue weighted by atomic mass is 32.2. The molecule has 0 aliphatic carbocycles. The van der Waals surface area contributed by atoms with Gasteiger partial charge in [-0.1, -0.05) is 18.2 Å². The number of benzene rings is 2. The fraction of sp³-hybridized carbons (Fsp3) is 0.133. The minimum atomic E-state index is -4.37. The molecule has 0 saturated carbocycles. The number of anilines is 1. The molecule has 0 radical (unpaired) electrons. The maximum atomic E-state index is 13.2. The first-order valence-corrected chi connectivity index (χ1v) is 8.93. The van der Waals surface area contributed by atoms with Crippen molar-refractivity contribution in [3.05, 3.63) is 42.0 Å². The molecule has 3 rings (SSSR count). The lowest BCUT2D eigenvalue weighted by Crippen LogP contribution is -2.32. The van der Waals surface area contributed by atoms with Gasteiger partial charge in [-0.25, -0.2) is 13.9 Å². The molecule has 1 heterocycles. The summed E-state index contributed by atoms with van der Waals surface area (Å²) >= 11 is 0. The number of carbonyl (C=O) groups excluding carboxylic acids is 1. The van der Waals surface area contributed by atoms with E-state index in [1.807, 2.05) is 0 Å². The predicted octanol–water partition coefficient (Wildman–Crippen LogP) is 2.62. The monoisotopic (exact) mass is 420 g/mol. The molecule has 0 bridgehead atoms. The van der Waals surface area contributed by atoms with Gasteiger partial charge in [0.1, 0.15) is 5.69 Å². The van der Waals surface area contributed by atoms with Crippen LogP contribution in [-0.4, -0.2) is 19.5 Å². The van der Waals surface area contributed by atoms with E-state index in [9.17, 15) is 26.8 Å². The summed E-state index contributed by atoms with van der Waals surface area (Å²) in [6, 6.07) is 5.97. The van der Waals surface area contributed by atoms with E-state index in [4.69, 9.17) is 5.21 Å². The average molecular weight is 420 g/mol. The molecule has 13 heteroatoms. The number of fused-ring (bicyclic) bond motifs is 1. The maximum absolute atomic E-state index is 13.2. The van der Waals surface area contributed by atoms with Crippen LogP contribution in [0.3, 0.4) is 0 Å². The van der Waals surface area contributed by atoms with Crippen molar-refractivity contribution in [1.29, 1.82) is 0 Å². The summed E-state index contributed by atoms with van der Waals surface area (Å²) in [4.78, 5) is 21.7. The van der Waals surface area contributed by atoms with E-state index in [0.717, 1.165) is 12.1 Å². The zero-order valence-corrected chi connectivity index (χ0v) is 14.5. The molecule has 0 spiro atoms. The Bertz CT molecular complexity index is 1020. The van der Waals surface area contributed by atoms with E-state index in [-0.39, 0.29) is 10.5 Å². The molecule has 0 fully saturated rings. The van der Waals surface area contributed by atoms with E-state index in [2.05, 4.69) is 14.8 Å². The molecule has 150 valence electrons. The van der Waals surface area contributed by atoms with Crippen molar-refractivity contribution in [2.75, 3.05) is 4.31 Å². The molecular weight excluding hydrogens is 409 g/mol. The van der Waals surface area contributed by atoms with Gasteiger partial charge in [-0.3, -0.25) is 29.1 Å². The number of hydroxylamine groups is 1. The quantitative estimate of drug-likeness (QED) is 0.545. The van der Waals surface area contributed by atoms with Crippen LogP contribution in [0.1, 0.15) is 18.0 Å². The summed E-state index contributed by atoms with van der Waals surface area (Å²) in [6.45, 7) is 0. The normalized spacial score (nSPS) is 17.0. The van der Waals surface area contributed by atoms with Crippen molar-refractivity contribution < 1.29 is 46.8 Å². The molecule has 0 aromatic heterocycles. The van der Waals surface area contributed by atoms with Crippen LogP contribution in [0, 0.1) is 0 Å². The van der Waals surface area contributed by atoms with Crippen molar-refractivity contribution in [3.8, 4) is 17.2 Å². The second kappa shape index (κ2) is 7.44. The number of nitrogens with zero attached hydrogens (tertiary/aromatic N) is 1. The number of carbonyl (C=O) groups is 1. The Labute approximate surface area is 155 Å². The molecule has 9 nitrogen and oxygen atoms in total. The molecule has 0 saturated heterocycles. The Morgan fingerprint density at radius 2 is 1.75 bits per heavy atom. The van der Waals surface area contributed by atoms with Crippen molar-refractivity contribution in [2.45, 2.75) is 17.4 Å². The maximum Gasteiger partial charge on any atom is 0.266 e. The fourth-order valence-electron chi connectivity index (χ4n) is 3.02. The minimum Gasteiger partial charge on any atom is -0.290 e. The first-order valence-electron chi connectivity index (χ1n) is 7.49. The van der Waals surface area contributed by atoms with Crippen LogP contribution in [0.4, 0.5) is 19.3 Å². The zero-order valence-electron chi connectivity index (χ0n) is 13.6. The van der Waals surface area contributed by atoms with Crippen LogP contribution >= 0.6 is 0 Å². The number of hydrogen-bond donors (Lipinski definition) is 2. The second-order valence-corrected chi connectivity index (χ2v) is 7.35. The van der Waals surface area contributed by atoms with Crippen LogP contribution < -0.4 is 24.6 Å². The Morgan fingerprint density at radius 3 is 2.36 bits per heavy atom. The molecule has 28 heavy (non-hydrogen) atoms. The molecule has 2 aromatic rings. The number of sulfonamides is 1. The fourth-order valence-corrected chi connectivity index (χ4v) is 4.91. The molecule has 2 aromatic carbocycles. The van der Waals surface area contributed by atoms with Gasteiger partial charge in [-0.2, -0.15) is 0 Å². The lowest BCUT2D eigenvalue weighted by atomic mass is 10.0. The van der Waals surface area contributed by atoms with Gasteiger partial charge in [-0.15, -0.1) is 0 Å². The summed E-state index contributed by atoms with van der Waals surface area (Å²) in [5.41, 5.74) is 0.934. The number of halogens is 3. The smallest absolute Gasteiger partial charge is 0.266 e. The second-order valence-electron chi connectivity index (χ2n) is 5.57. The lowest BCUT2D eigenvalue weighted by Gasteiger charge is -2.26. The lowest BCUT2D eigenvalue weighted by molar-refractivity contribution is -0.129. The van der Waals surface area contributed by atoms with Crippen molar-refractivity contribution in [1.82, 2.24) is 5.48 Å². The predicted molar refractivity (Wildman–Crippen MR) is 85.0 cm³/mol. The van der Waals surface area contributed by atoms with Crippen molar-refractivity contribution in [2.24, 2.45) is 0 Å². The Morgan fingerprint density at radius 1 is 1.07 bits per heavy atom. The highest BCUT2D eigenvalue weighted by Gasteiger charge is 2.45. The third-order valence-electron chi connectivity index (χ3n) is 4.13. The van der Waals surface area contributed by atoms with E-state index in [1.165, 1.54) is 29.7 Å². The van der Waals surface area contributed by atoms with Gasteiger partial charge in [0.05, 0.1) is 17.4 Å². The van der Waals surface area contributed by atoms with E-state index < -0.39 is 51.3 Å². The van der Waals surface area contributed by atoms with Gasteiger partial charge in [0, 0.05) is 13.6 Å². The summed E-state index contributed by atoms with van der Waals surface area (Å²) in [5, 5.41) is 8.80. The minimum absolute atomic E-state index is 0.157. The Kier molecular flexibility index (Phi) is 5.20. The van der Waals surface area contributed by atoms with Gasteiger partial charge < -0.3 is 0 Å². The first kappa shape index (κ1) is 19.6. The van der Waals surface area contributed by atoms with Gasteiger partial charge in [0.25, 0.3) is 15.8 Å². The van der Waals surface area contributed by atoms with E-state index >= 15 is 0 Å². The largest absolute Gasteiger partial charge is 0.290 e. The summed E-state index contributed by atoms with van der Waals surface area (Å²) in [6.07, 6.45) is -0.578. The SMILES string of the molecule is O=C(CC1c2ccccc2S(=O)(=O)N1c1ccc(OF)c(OF)c1OF)NO. The van der Waals surface area contributed by atoms with Gasteiger partial charge in [0.2, 0.25) is 17.4 Å². The summed E-state index contributed by atoms with van der Waals surface area (Å²) < 4.78 is 65.1. The Balaban J connectivity index is 2.26. The zero-order chi connectivity index (χ0) is 20.5. The molecule has 1 unspecified atom stereocenters. The molecule has 1 atom stereocenters. The number of hydrogen-bond acceptors (Lipinski definition) is 7. The first-order chi connectivity index (χ1) is 13.4. The van der Waals surface area contributed by atoms with E-state index in [0.29, 0.717) is 4.31 Å². The Hall–Kier alpha value is -3.19. The third kappa shape index (κ3) is 2.93. The number of amides is 1. The van der Waals surface area contributed by atoms with Gasteiger partial charge >= 0.3 is 0 Å². The molecular formula is C15H11F3N2O7S. The van der Waals surface area contributed by atoms with Crippen LogP contribution in [0.2, 0.25) is 0 Å². The number of nitrogens with one attached hydrogen (secondary N) is 1. The van der Waals surface area contributed by atoms with E-state index in [1.54, 1.807) is 0 Å². The third-order valence-corrected chi connectivity index (χ3v) is 6.03. The van der Waals surface area contributed by atoms with Crippen molar-refractivity contribution in [3.63, 3.8) is 0 Å². The van der Waals surface area contributed by atoms with Gasteiger partial charge in [-0.05, 0) is 23.8 Å². The highest BCUT2D eigenvalue weighted by molar-refractivity contribution is 7.93. The van der Waals surface area contributed by atoms with Gasteiger partial charge in [0.15, 0.2) is 0 Å². The molecule has 1 aliphatic rings. The van der Waals surface area contributed by atoms with Crippen LogP contribution in [0.15, 0.2) is 41.3 Å². The molecule has 1 aliphatic heterocycles. The van der Waals surface area contributed by atoms with Crippen LogP contribution in [0.5, 0.6) is 17.2 Å². The summed E-state index contributed by atoms with van der Waals surface area (Å²) in [5.74, 6) is -4.20. The number of rotatable bonds is 6. The average Bonchev–Trinajstić information content (AvgIpc) is 2.93. The highest BCUT2D eigenvalue weighted by Crippen LogP contribution is 2.52. The summed E-state index contributed by atoms with van der Waals surface area (Å²) in [7, 11) is -4.37. The standard InChI is InChI=1S/C15H11F3N2O7S/c16-25-11-6-5-9(14(26-17)15(11)27-18)20-10(7-13(21)19-22)8-3-1-2-4-12(8)28(20,23)24/h1-6,10,22H,7H2,(H,19,21). The molecule has 2 N–H and O–H groups in total. The van der Waals surface area contributed by atoms with Crippen LogP contribution in [0.25, 0.3) is 0 Å². The van der Waals surface area contributed by atoms with Crippen molar-refractivity contribution >= 4 is 21.6 Å². The topological polar surface area (TPSA) is 114 Å². The molecule has 1 amide bonds. The van der Waals surface area contributed by atoms with Crippen LogP contribution in [-0.2, 0) is 14.8 Å².